The smallest absolute Gasteiger partial charge is 0.244 e. The molecular formula is C24H32BrN3O4S. The van der Waals surface area contributed by atoms with Crippen LogP contribution >= 0.6 is 27.7 Å². The number of hydrogen-bond acceptors (Lipinski definition) is 5. The van der Waals surface area contributed by atoms with Crippen LogP contribution in [0, 0.1) is 11.8 Å². The number of carbonyl (C=O) groups excluding carboxylic acids is 3. The average Bonchev–Trinajstić information content (AvgIpc) is 3.37. The van der Waals surface area contributed by atoms with E-state index >= 15 is 0 Å². The van der Waals surface area contributed by atoms with Gasteiger partial charge in [0.25, 0.3) is 0 Å². The Hall–Kier alpha value is -1.58. The van der Waals surface area contributed by atoms with Crippen LogP contribution in [-0.2, 0) is 20.9 Å². The van der Waals surface area contributed by atoms with Crippen LogP contribution in [0.5, 0.6) is 0 Å². The molecule has 3 unspecified atom stereocenters. The first kappa shape index (κ1) is 24.5. The topological polar surface area (TPSA) is 98.7 Å². The summed E-state index contributed by atoms with van der Waals surface area (Å²) in [5.41, 5.74) is 0.992. The van der Waals surface area contributed by atoms with Crippen molar-refractivity contribution in [1.29, 1.82) is 0 Å². The van der Waals surface area contributed by atoms with Crippen molar-refractivity contribution in [2.45, 2.75) is 73.1 Å². The lowest BCUT2D eigenvalue weighted by Gasteiger charge is -2.37. The second kappa shape index (κ2) is 9.58. The number of likely N-dealkylation sites (tertiary alicyclic amines) is 1. The van der Waals surface area contributed by atoms with Crippen molar-refractivity contribution in [3.63, 3.8) is 0 Å². The summed E-state index contributed by atoms with van der Waals surface area (Å²) in [6.45, 7) is 5.86. The van der Waals surface area contributed by atoms with E-state index in [-0.39, 0.29) is 40.4 Å². The van der Waals surface area contributed by atoms with Gasteiger partial charge in [-0.1, -0.05) is 53.2 Å². The fourth-order valence-corrected chi connectivity index (χ4v) is 9.34. The molecule has 3 saturated heterocycles. The summed E-state index contributed by atoms with van der Waals surface area (Å²) in [6, 6.07) is 8.43. The molecule has 0 aliphatic carbocycles. The van der Waals surface area contributed by atoms with Crippen molar-refractivity contribution in [3.05, 3.63) is 35.9 Å². The zero-order valence-corrected chi connectivity index (χ0v) is 21.6. The summed E-state index contributed by atoms with van der Waals surface area (Å²) in [5, 5.41) is 16.0. The summed E-state index contributed by atoms with van der Waals surface area (Å²) < 4.78 is -0.688. The van der Waals surface area contributed by atoms with E-state index in [0.717, 1.165) is 5.56 Å². The molecule has 0 saturated carbocycles. The van der Waals surface area contributed by atoms with Crippen LogP contribution in [0.1, 0.15) is 39.2 Å². The quantitative estimate of drug-likeness (QED) is 0.441. The number of amides is 3. The van der Waals surface area contributed by atoms with Gasteiger partial charge in [-0.05, 0) is 32.3 Å². The third-order valence-electron chi connectivity index (χ3n) is 7.09. The average molecular weight is 539 g/mol. The highest BCUT2D eigenvalue weighted by molar-refractivity contribution is 9.09. The van der Waals surface area contributed by atoms with Gasteiger partial charge in [-0.3, -0.25) is 14.4 Å². The van der Waals surface area contributed by atoms with Crippen molar-refractivity contribution in [2.24, 2.45) is 11.8 Å². The van der Waals surface area contributed by atoms with Crippen LogP contribution in [0.25, 0.3) is 0 Å². The predicted octanol–water partition coefficient (Wildman–Crippen LogP) is 2.06. The van der Waals surface area contributed by atoms with Crippen molar-refractivity contribution >= 4 is 45.4 Å². The van der Waals surface area contributed by atoms with Crippen molar-refractivity contribution < 1.29 is 19.5 Å². The highest BCUT2D eigenvalue weighted by Crippen LogP contribution is 2.68. The number of fused-ring (bicyclic) bond motifs is 1. The largest absolute Gasteiger partial charge is 0.394 e. The first-order valence-electron chi connectivity index (χ1n) is 11.6. The normalized spacial score (nSPS) is 33.3. The van der Waals surface area contributed by atoms with E-state index in [1.165, 1.54) is 0 Å². The van der Waals surface area contributed by atoms with Gasteiger partial charge >= 0.3 is 0 Å². The van der Waals surface area contributed by atoms with E-state index in [0.29, 0.717) is 19.4 Å². The Kier molecular flexibility index (Phi) is 7.13. The standard InChI is InChI=1S/C24H32BrN3O4S/c1-4-15(12-29)28-20(22(31)27-13(2)3)24-10-16(25)19(33-24)17(18(24)23(28)32)21(30)26-11-14-8-6-5-7-9-14/h5-9,13,15-20,29H,4,10-12H2,1-3H3,(H,26,30)(H,27,31)/t15-,16?,17-,18-,19-,20?,24?/m0/s1. The molecular weight excluding hydrogens is 506 g/mol. The Labute approximate surface area is 207 Å². The van der Waals surface area contributed by atoms with Gasteiger partial charge in [0, 0.05) is 22.7 Å². The minimum Gasteiger partial charge on any atom is -0.394 e. The molecule has 0 aromatic heterocycles. The van der Waals surface area contributed by atoms with Crippen LogP contribution in [0.3, 0.4) is 0 Å². The molecule has 9 heteroatoms. The molecule has 3 N–H and O–H groups in total. The van der Waals surface area contributed by atoms with Gasteiger partial charge in [-0.25, -0.2) is 0 Å². The maximum Gasteiger partial charge on any atom is 0.244 e. The zero-order chi connectivity index (χ0) is 23.9. The molecule has 3 amide bonds. The molecule has 3 aliphatic heterocycles. The highest BCUT2D eigenvalue weighted by atomic mass is 79.9. The zero-order valence-electron chi connectivity index (χ0n) is 19.2. The van der Waals surface area contributed by atoms with Gasteiger partial charge in [-0.15, -0.1) is 11.8 Å². The number of hydrogen-bond donors (Lipinski definition) is 3. The molecule has 2 bridgehead atoms. The number of halogens is 1. The molecule has 7 nitrogen and oxygen atoms in total. The van der Waals surface area contributed by atoms with Crippen LogP contribution < -0.4 is 10.6 Å². The second-order valence-corrected chi connectivity index (χ2v) is 12.2. The summed E-state index contributed by atoms with van der Waals surface area (Å²) in [4.78, 5) is 42.4. The molecule has 1 aromatic rings. The molecule has 3 fully saturated rings. The summed E-state index contributed by atoms with van der Waals surface area (Å²) in [6.07, 6.45) is 1.17. The molecule has 180 valence electrons. The van der Waals surface area contributed by atoms with Crippen molar-refractivity contribution in [2.75, 3.05) is 6.61 Å². The number of nitrogens with one attached hydrogen (secondary N) is 2. The van der Waals surface area contributed by atoms with Gasteiger partial charge in [0.15, 0.2) is 0 Å². The monoisotopic (exact) mass is 537 g/mol. The third kappa shape index (κ3) is 4.10. The van der Waals surface area contributed by atoms with E-state index in [1.807, 2.05) is 51.1 Å². The third-order valence-corrected chi connectivity index (χ3v) is 10.3. The number of benzene rings is 1. The molecule has 1 spiro atoms. The minimum atomic E-state index is -0.712. The highest BCUT2D eigenvalue weighted by Gasteiger charge is 2.76. The molecule has 4 rings (SSSR count). The molecule has 3 heterocycles. The number of carbonyl (C=O) groups is 3. The number of alkyl halides is 1. The molecule has 33 heavy (non-hydrogen) atoms. The van der Waals surface area contributed by atoms with Crippen LogP contribution in [0.2, 0.25) is 0 Å². The van der Waals surface area contributed by atoms with Crippen LogP contribution in [0.4, 0.5) is 0 Å². The number of thioether (sulfide) groups is 1. The number of nitrogens with zero attached hydrogens (tertiary/aromatic N) is 1. The lowest BCUT2D eigenvalue weighted by atomic mass is 9.70. The summed E-state index contributed by atoms with van der Waals surface area (Å²) >= 11 is 5.37. The maximum atomic E-state index is 13.9. The SMILES string of the molecule is CC[C@@H](CO)N1C(=O)[C@@H]2[C@H](C(=O)NCc3ccccc3)[C@H]3SC2(CC3Br)C1C(=O)NC(C)C. The summed E-state index contributed by atoms with van der Waals surface area (Å²) in [7, 11) is 0. The van der Waals surface area contributed by atoms with Crippen molar-refractivity contribution in [1.82, 2.24) is 15.5 Å². The molecule has 3 aliphatic rings. The Morgan fingerprint density at radius 3 is 2.58 bits per heavy atom. The second-order valence-electron chi connectivity index (χ2n) is 9.52. The van der Waals surface area contributed by atoms with E-state index in [2.05, 4.69) is 26.6 Å². The van der Waals surface area contributed by atoms with Gasteiger partial charge in [0.1, 0.15) is 6.04 Å². The van der Waals surface area contributed by atoms with Gasteiger partial charge in [-0.2, -0.15) is 0 Å². The minimum absolute atomic E-state index is 0.0301. The van der Waals surface area contributed by atoms with Gasteiger partial charge in [0.2, 0.25) is 17.7 Å². The number of aliphatic hydroxyl groups excluding tert-OH is 1. The Morgan fingerprint density at radius 2 is 1.97 bits per heavy atom. The lowest BCUT2D eigenvalue weighted by molar-refractivity contribution is -0.142. The van der Waals surface area contributed by atoms with Crippen molar-refractivity contribution in [3.8, 4) is 0 Å². The van der Waals surface area contributed by atoms with Gasteiger partial charge < -0.3 is 20.6 Å². The number of rotatable bonds is 8. The Balaban J connectivity index is 1.67. The lowest BCUT2D eigenvalue weighted by Crippen LogP contribution is -2.57. The van der Waals surface area contributed by atoms with Crippen LogP contribution in [0.15, 0.2) is 30.3 Å². The molecule has 1 aromatic carbocycles. The predicted molar refractivity (Wildman–Crippen MR) is 132 cm³/mol. The van der Waals surface area contributed by atoms with Crippen LogP contribution in [-0.4, -0.2) is 67.3 Å². The molecule has 0 radical (unpaired) electrons. The Bertz CT molecular complexity index is 912. The molecule has 7 atom stereocenters. The fraction of sp³-hybridized carbons (Fsp3) is 0.625. The first-order chi connectivity index (χ1) is 15.7. The maximum absolute atomic E-state index is 13.9. The van der Waals surface area contributed by atoms with Gasteiger partial charge in [0.05, 0.1) is 29.2 Å². The van der Waals surface area contributed by atoms with E-state index < -0.39 is 28.7 Å². The fourth-order valence-electron chi connectivity index (χ4n) is 5.74. The first-order valence-corrected chi connectivity index (χ1v) is 13.4. The summed E-state index contributed by atoms with van der Waals surface area (Å²) in [5.74, 6) is -1.65. The van der Waals surface area contributed by atoms with E-state index in [9.17, 15) is 19.5 Å². The Morgan fingerprint density at radius 1 is 1.27 bits per heavy atom. The van der Waals surface area contributed by atoms with E-state index in [1.54, 1.807) is 16.7 Å². The number of aliphatic hydroxyl groups is 1. The van der Waals surface area contributed by atoms with E-state index in [4.69, 9.17) is 0 Å².